The monoisotopic (exact) mass is 457 g/mol. The molecule has 0 aliphatic heterocycles. The minimum Gasteiger partial charge on any atom is -0.342 e. The first-order valence-electron chi connectivity index (χ1n) is 9.86. The number of carbonyl (C=O) groups excluding carboxylic acids is 2. The van der Waals surface area contributed by atoms with Crippen LogP contribution in [0.5, 0.6) is 0 Å². The van der Waals surface area contributed by atoms with Gasteiger partial charge in [0.15, 0.2) is 11.0 Å². The number of aromatic nitrogens is 3. The number of amides is 2. The highest BCUT2D eigenvalue weighted by Gasteiger charge is 2.21. The molecule has 0 aliphatic carbocycles. The summed E-state index contributed by atoms with van der Waals surface area (Å²) < 4.78 is 1.89. The van der Waals surface area contributed by atoms with Crippen molar-refractivity contribution >= 4 is 40.9 Å². The van der Waals surface area contributed by atoms with Crippen molar-refractivity contribution in [2.24, 2.45) is 0 Å². The van der Waals surface area contributed by atoms with Crippen molar-refractivity contribution in [3.63, 3.8) is 0 Å². The molecule has 0 unspecified atom stereocenters. The van der Waals surface area contributed by atoms with Gasteiger partial charge in [0.1, 0.15) is 0 Å². The molecular formula is C22H24ClN5O2S. The normalized spacial score (nSPS) is 11.7. The SMILES string of the molecule is CCn1c(SCC(=O)Nc2ccc(C)cc2)nnc1[C@H](C)NC(=O)c1ccccc1Cl. The number of rotatable bonds is 8. The average molecular weight is 458 g/mol. The molecule has 2 amide bonds. The molecule has 1 heterocycles. The van der Waals surface area contributed by atoms with Crippen LogP contribution in [0.25, 0.3) is 0 Å². The number of benzene rings is 2. The lowest BCUT2D eigenvalue weighted by Crippen LogP contribution is -2.29. The molecule has 0 saturated heterocycles. The Bertz CT molecular complexity index is 1070. The van der Waals surface area contributed by atoms with Crippen LogP contribution in [0.4, 0.5) is 5.69 Å². The summed E-state index contributed by atoms with van der Waals surface area (Å²) in [5.41, 5.74) is 2.29. The molecule has 1 aromatic heterocycles. The molecule has 2 aromatic carbocycles. The van der Waals surface area contributed by atoms with Gasteiger partial charge in [-0.2, -0.15) is 0 Å². The van der Waals surface area contributed by atoms with Gasteiger partial charge >= 0.3 is 0 Å². The van der Waals surface area contributed by atoms with Gasteiger partial charge in [0, 0.05) is 12.2 Å². The number of hydrogen-bond donors (Lipinski definition) is 2. The fourth-order valence-electron chi connectivity index (χ4n) is 2.97. The fraction of sp³-hybridized carbons (Fsp3) is 0.273. The Morgan fingerprint density at radius 1 is 1.13 bits per heavy atom. The zero-order valence-corrected chi connectivity index (χ0v) is 19.1. The van der Waals surface area contributed by atoms with Crippen molar-refractivity contribution in [2.75, 3.05) is 11.1 Å². The largest absolute Gasteiger partial charge is 0.342 e. The number of hydrogen-bond acceptors (Lipinski definition) is 5. The van der Waals surface area contributed by atoms with Gasteiger partial charge in [0.25, 0.3) is 5.91 Å². The highest BCUT2D eigenvalue weighted by atomic mass is 35.5. The van der Waals surface area contributed by atoms with Gasteiger partial charge < -0.3 is 15.2 Å². The third-order valence-corrected chi connectivity index (χ3v) is 5.88. The van der Waals surface area contributed by atoms with Crippen LogP contribution in [-0.2, 0) is 11.3 Å². The summed E-state index contributed by atoms with van der Waals surface area (Å²) in [5, 5.41) is 15.2. The summed E-state index contributed by atoms with van der Waals surface area (Å²) in [7, 11) is 0. The number of nitrogens with one attached hydrogen (secondary N) is 2. The molecule has 0 fully saturated rings. The van der Waals surface area contributed by atoms with Crippen LogP contribution < -0.4 is 10.6 Å². The molecule has 0 aliphatic rings. The Hall–Kier alpha value is -2.84. The molecule has 0 saturated carbocycles. The third-order valence-electron chi connectivity index (χ3n) is 4.58. The van der Waals surface area contributed by atoms with Crippen molar-refractivity contribution in [3.05, 3.63) is 70.5 Å². The quantitative estimate of drug-likeness (QED) is 0.487. The van der Waals surface area contributed by atoms with E-state index in [1.807, 2.05) is 49.6 Å². The number of nitrogens with zero attached hydrogens (tertiary/aromatic N) is 3. The van der Waals surface area contributed by atoms with E-state index in [2.05, 4.69) is 20.8 Å². The van der Waals surface area contributed by atoms with Gasteiger partial charge in [-0.1, -0.05) is 53.2 Å². The molecule has 2 N–H and O–H groups in total. The van der Waals surface area contributed by atoms with Gasteiger partial charge in [-0.25, -0.2) is 0 Å². The van der Waals surface area contributed by atoms with E-state index < -0.39 is 0 Å². The molecule has 0 radical (unpaired) electrons. The van der Waals surface area contributed by atoms with E-state index >= 15 is 0 Å². The van der Waals surface area contributed by atoms with Crippen LogP contribution >= 0.6 is 23.4 Å². The highest BCUT2D eigenvalue weighted by Crippen LogP contribution is 2.22. The predicted molar refractivity (Wildman–Crippen MR) is 124 cm³/mol. The zero-order chi connectivity index (χ0) is 22.4. The van der Waals surface area contributed by atoms with Gasteiger partial charge in [0.2, 0.25) is 5.91 Å². The summed E-state index contributed by atoms with van der Waals surface area (Å²) in [5.74, 6) is 0.410. The van der Waals surface area contributed by atoms with Crippen LogP contribution in [0.15, 0.2) is 53.7 Å². The number of halogens is 1. The van der Waals surface area contributed by atoms with E-state index in [-0.39, 0.29) is 23.6 Å². The minimum atomic E-state index is -0.382. The van der Waals surface area contributed by atoms with Gasteiger partial charge in [-0.05, 0) is 45.0 Å². The maximum absolute atomic E-state index is 12.6. The van der Waals surface area contributed by atoms with Crippen molar-refractivity contribution in [1.29, 1.82) is 0 Å². The Balaban J connectivity index is 1.63. The van der Waals surface area contributed by atoms with Gasteiger partial charge in [-0.3, -0.25) is 9.59 Å². The average Bonchev–Trinajstić information content (AvgIpc) is 3.17. The molecule has 9 heteroatoms. The van der Waals surface area contributed by atoms with Crippen LogP contribution in [0.2, 0.25) is 5.02 Å². The van der Waals surface area contributed by atoms with Crippen LogP contribution in [0.3, 0.4) is 0 Å². The van der Waals surface area contributed by atoms with Crippen molar-refractivity contribution in [2.45, 2.75) is 38.5 Å². The molecule has 0 bridgehead atoms. The van der Waals surface area contributed by atoms with Crippen molar-refractivity contribution in [1.82, 2.24) is 20.1 Å². The Kier molecular flexibility index (Phi) is 7.70. The lowest BCUT2D eigenvalue weighted by atomic mass is 10.2. The minimum absolute atomic E-state index is 0.124. The van der Waals surface area contributed by atoms with Gasteiger partial charge in [-0.15, -0.1) is 10.2 Å². The Morgan fingerprint density at radius 3 is 2.52 bits per heavy atom. The maximum Gasteiger partial charge on any atom is 0.253 e. The number of anilines is 1. The van der Waals surface area contributed by atoms with Crippen LogP contribution in [-0.4, -0.2) is 32.3 Å². The summed E-state index contributed by atoms with van der Waals surface area (Å²) in [6.45, 7) is 6.40. The molecule has 1 atom stereocenters. The Labute approximate surface area is 190 Å². The number of thioether (sulfide) groups is 1. The standard InChI is InChI=1S/C22H24ClN5O2S/c1-4-28-20(15(3)24-21(30)17-7-5-6-8-18(17)23)26-27-22(28)31-13-19(29)25-16-11-9-14(2)10-12-16/h5-12,15H,4,13H2,1-3H3,(H,24,30)(H,25,29)/t15-/m0/s1. The highest BCUT2D eigenvalue weighted by molar-refractivity contribution is 7.99. The lowest BCUT2D eigenvalue weighted by Gasteiger charge is -2.15. The van der Waals surface area contributed by atoms with Crippen LogP contribution in [0.1, 0.15) is 41.6 Å². The summed E-state index contributed by atoms with van der Waals surface area (Å²) in [6.07, 6.45) is 0. The second-order valence-electron chi connectivity index (χ2n) is 6.96. The number of carbonyl (C=O) groups is 2. The topological polar surface area (TPSA) is 88.9 Å². The van der Waals surface area contributed by atoms with Crippen molar-refractivity contribution < 1.29 is 9.59 Å². The molecule has 0 spiro atoms. The summed E-state index contributed by atoms with van der Waals surface area (Å²) >= 11 is 7.41. The summed E-state index contributed by atoms with van der Waals surface area (Å²) in [6, 6.07) is 14.1. The van der Waals surface area contributed by atoms with E-state index in [1.165, 1.54) is 11.8 Å². The van der Waals surface area contributed by atoms with E-state index in [0.29, 0.717) is 28.1 Å². The fourth-order valence-corrected chi connectivity index (χ4v) is 4.00. The molecule has 7 nitrogen and oxygen atoms in total. The second kappa shape index (κ2) is 10.5. The second-order valence-corrected chi connectivity index (χ2v) is 8.31. The van der Waals surface area contributed by atoms with E-state index in [9.17, 15) is 9.59 Å². The van der Waals surface area contributed by atoms with E-state index in [4.69, 9.17) is 11.6 Å². The summed E-state index contributed by atoms with van der Waals surface area (Å²) in [4.78, 5) is 24.8. The lowest BCUT2D eigenvalue weighted by molar-refractivity contribution is -0.113. The first-order chi connectivity index (χ1) is 14.9. The molecule has 162 valence electrons. The molecule has 31 heavy (non-hydrogen) atoms. The third kappa shape index (κ3) is 5.86. The number of aryl methyl sites for hydroxylation is 1. The van der Waals surface area contributed by atoms with E-state index in [1.54, 1.807) is 24.3 Å². The first-order valence-corrected chi connectivity index (χ1v) is 11.2. The van der Waals surface area contributed by atoms with Crippen molar-refractivity contribution in [3.8, 4) is 0 Å². The molecule has 3 aromatic rings. The molecule has 3 rings (SSSR count). The van der Waals surface area contributed by atoms with E-state index in [0.717, 1.165) is 11.3 Å². The van der Waals surface area contributed by atoms with Gasteiger partial charge in [0.05, 0.1) is 22.4 Å². The van der Waals surface area contributed by atoms with Crippen LogP contribution in [0, 0.1) is 6.92 Å². The smallest absolute Gasteiger partial charge is 0.253 e. The Morgan fingerprint density at radius 2 is 1.84 bits per heavy atom. The first kappa shape index (κ1) is 22.8. The maximum atomic E-state index is 12.6. The zero-order valence-electron chi connectivity index (χ0n) is 17.6. The predicted octanol–water partition coefficient (Wildman–Crippen LogP) is 4.48. The molecular weight excluding hydrogens is 434 g/mol.